The molecule has 0 aliphatic carbocycles. The van der Waals surface area contributed by atoms with Gasteiger partial charge in [0, 0.05) is 37.2 Å². The monoisotopic (exact) mass is 575 g/mol. The first-order chi connectivity index (χ1) is 18.1. The molecule has 1 aliphatic heterocycles. The minimum absolute atomic E-state index is 0.189. The lowest BCUT2D eigenvalue weighted by Gasteiger charge is -2.31. The van der Waals surface area contributed by atoms with Gasteiger partial charge in [-0.1, -0.05) is 35.3 Å². The van der Waals surface area contributed by atoms with E-state index in [1.54, 1.807) is 17.0 Å². The highest BCUT2D eigenvalue weighted by Gasteiger charge is 2.29. The predicted octanol–water partition coefficient (Wildman–Crippen LogP) is 5.70. The molecular weight excluding hydrogens is 553 g/mol. The maximum atomic E-state index is 12.9. The molecule has 0 saturated carbocycles. The Morgan fingerprint density at radius 2 is 1.92 bits per heavy atom. The lowest BCUT2D eigenvalue weighted by atomic mass is 9.94. The number of hydrogen-bond acceptors (Lipinski definition) is 6. The topological polar surface area (TPSA) is 130 Å². The highest BCUT2D eigenvalue weighted by Crippen LogP contribution is 2.37. The number of carboxylic acid groups (broad SMARTS) is 1. The number of nitrogens with one attached hydrogen (secondary N) is 1. The van der Waals surface area contributed by atoms with Gasteiger partial charge in [-0.05, 0) is 52.9 Å². The first-order valence-electron chi connectivity index (χ1n) is 11.7. The van der Waals surface area contributed by atoms with Crippen molar-refractivity contribution in [2.45, 2.75) is 25.3 Å². The Balaban J connectivity index is 1.37. The fraction of sp³-hybridized carbons (Fsp3) is 0.269. The summed E-state index contributed by atoms with van der Waals surface area (Å²) in [6, 6.07) is 8.44. The Bertz CT molecular complexity index is 1430. The third-order valence-electron chi connectivity index (χ3n) is 6.41. The second-order valence-corrected chi connectivity index (χ2v) is 10.5. The highest BCUT2D eigenvalue weighted by atomic mass is 35.5. The number of nitro benzene ring substituents is 1. The predicted molar refractivity (Wildman–Crippen MR) is 146 cm³/mol. The summed E-state index contributed by atoms with van der Waals surface area (Å²) in [4.78, 5) is 49.3. The number of hydrogen-bond donors (Lipinski definition) is 2. The second-order valence-electron chi connectivity index (χ2n) is 8.88. The minimum Gasteiger partial charge on any atom is -0.481 e. The summed E-state index contributed by atoms with van der Waals surface area (Å²) in [6.45, 7) is 0.694. The van der Waals surface area contributed by atoms with Gasteiger partial charge in [-0.15, -0.1) is 11.3 Å². The van der Waals surface area contributed by atoms with E-state index in [0.717, 1.165) is 10.1 Å². The van der Waals surface area contributed by atoms with E-state index < -0.39 is 29.3 Å². The number of non-ortho nitro benzene ring substituents is 1. The van der Waals surface area contributed by atoms with Gasteiger partial charge in [0.2, 0.25) is 11.8 Å². The Kier molecular flexibility index (Phi) is 8.65. The number of likely N-dealkylation sites (tertiary alicyclic amines) is 1. The average Bonchev–Trinajstić information content (AvgIpc) is 3.38. The van der Waals surface area contributed by atoms with Crippen LogP contribution in [0.25, 0.3) is 16.2 Å². The van der Waals surface area contributed by atoms with Crippen LogP contribution in [0, 0.1) is 16.0 Å². The van der Waals surface area contributed by atoms with Crippen molar-refractivity contribution in [1.82, 2.24) is 10.2 Å². The van der Waals surface area contributed by atoms with Gasteiger partial charge in [0.05, 0.1) is 32.1 Å². The van der Waals surface area contributed by atoms with Gasteiger partial charge in [-0.2, -0.15) is 0 Å². The van der Waals surface area contributed by atoms with Crippen molar-refractivity contribution >= 4 is 74.2 Å². The van der Waals surface area contributed by atoms with Crippen LogP contribution in [0.15, 0.2) is 47.9 Å². The Morgan fingerprint density at radius 3 is 2.61 bits per heavy atom. The largest absolute Gasteiger partial charge is 0.481 e. The number of carbonyl (C=O) groups excluding carboxylic acids is 2. The molecule has 1 aromatic heterocycles. The van der Waals surface area contributed by atoms with Gasteiger partial charge in [0.25, 0.3) is 5.69 Å². The summed E-state index contributed by atoms with van der Waals surface area (Å²) < 4.78 is 0.886. The summed E-state index contributed by atoms with van der Waals surface area (Å²) in [7, 11) is 0. The fourth-order valence-electron chi connectivity index (χ4n) is 4.39. The zero-order valence-corrected chi connectivity index (χ0v) is 22.3. The number of nitrogens with zero attached hydrogens (tertiary/aromatic N) is 2. The zero-order valence-electron chi connectivity index (χ0n) is 19.9. The number of nitro groups is 1. The van der Waals surface area contributed by atoms with Crippen molar-refractivity contribution in [3.63, 3.8) is 0 Å². The van der Waals surface area contributed by atoms with E-state index in [-0.39, 0.29) is 17.5 Å². The molecule has 2 N–H and O–H groups in total. The van der Waals surface area contributed by atoms with E-state index in [2.05, 4.69) is 5.32 Å². The van der Waals surface area contributed by atoms with Crippen LogP contribution in [0.2, 0.25) is 10.0 Å². The number of rotatable bonds is 8. The molecule has 1 fully saturated rings. The zero-order chi connectivity index (χ0) is 27.4. The molecule has 0 spiro atoms. The molecule has 12 heteroatoms. The molecule has 9 nitrogen and oxygen atoms in total. The van der Waals surface area contributed by atoms with Crippen molar-refractivity contribution in [3.05, 3.63) is 79.1 Å². The first-order valence-corrected chi connectivity index (χ1v) is 13.4. The van der Waals surface area contributed by atoms with Crippen molar-refractivity contribution < 1.29 is 24.4 Å². The van der Waals surface area contributed by atoms with Gasteiger partial charge in [-0.25, -0.2) is 0 Å². The van der Waals surface area contributed by atoms with Crippen molar-refractivity contribution in [2.24, 2.45) is 5.92 Å². The quantitative estimate of drug-likeness (QED) is 0.201. The normalized spacial score (nSPS) is 15.1. The smallest absolute Gasteiger partial charge is 0.305 e. The molecule has 1 saturated heterocycles. The summed E-state index contributed by atoms with van der Waals surface area (Å²) >= 11 is 14.2. The number of amides is 2. The summed E-state index contributed by atoms with van der Waals surface area (Å²) in [5.41, 5.74) is 0.786. The highest BCUT2D eigenvalue weighted by molar-refractivity contribution is 7.18. The molecule has 2 aromatic carbocycles. The Morgan fingerprint density at radius 1 is 1.18 bits per heavy atom. The molecule has 2 heterocycles. The molecule has 3 aromatic rings. The average molecular weight is 576 g/mol. The number of fused-ring (bicyclic) bond motifs is 1. The van der Waals surface area contributed by atoms with Crippen molar-refractivity contribution in [2.75, 3.05) is 13.1 Å². The molecule has 1 aliphatic rings. The standard InChI is InChI=1S/C26H23Cl2N3O6S/c27-23-17(12-18-8-11-38-25(18)24(23)28)4-5-21(32)30-9-6-15(7-10-30)26(35)29-20(14-22(33)34)16-2-1-3-19(13-16)31(36)37/h1-5,8,11-13,15,20H,6-7,9-10,14H2,(H,29,35)(H,33,34)/b5-4+/t20-/m1/s1. The van der Waals surface area contributed by atoms with Gasteiger partial charge in [0.1, 0.15) is 0 Å². The van der Waals surface area contributed by atoms with Gasteiger partial charge < -0.3 is 15.3 Å². The summed E-state index contributed by atoms with van der Waals surface area (Å²) in [5, 5.41) is 26.8. The van der Waals surface area contributed by atoms with E-state index in [1.165, 1.54) is 35.6 Å². The Labute approximate surface area is 231 Å². The van der Waals surface area contributed by atoms with Crippen LogP contribution in [0.5, 0.6) is 0 Å². The lowest BCUT2D eigenvalue weighted by Crippen LogP contribution is -2.43. The number of thiophene rings is 1. The molecule has 38 heavy (non-hydrogen) atoms. The van der Waals surface area contributed by atoms with Crippen LogP contribution in [0.3, 0.4) is 0 Å². The number of aliphatic carboxylic acids is 1. The third-order valence-corrected chi connectivity index (χ3v) is 8.36. The number of benzene rings is 2. The van der Waals surface area contributed by atoms with E-state index in [4.69, 9.17) is 23.2 Å². The molecule has 0 bridgehead atoms. The van der Waals surface area contributed by atoms with Crippen LogP contribution >= 0.6 is 34.5 Å². The first kappa shape index (κ1) is 27.6. The maximum absolute atomic E-state index is 12.9. The minimum atomic E-state index is -1.14. The van der Waals surface area contributed by atoms with E-state index in [0.29, 0.717) is 47.1 Å². The molecule has 4 rings (SSSR count). The van der Waals surface area contributed by atoms with Gasteiger partial charge in [-0.3, -0.25) is 24.5 Å². The van der Waals surface area contributed by atoms with Gasteiger partial charge >= 0.3 is 5.97 Å². The summed E-state index contributed by atoms with van der Waals surface area (Å²) in [5.74, 6) is -2.14. The SMILES string of the molecule is O=C(O)C[C@@H](NC(=O)C1CCN(C(=O)/C=C/c2cc3ccsc3c(Cl)c2Cl)CC1)c1cccc([N+](=O)[O-])c1. The van der Waals surface area contributed by atoms with Crippen LogP contribution < -0.4 is 5.32 Å². The van der Waals surface area contributed by atoms with Crippen molar-refractivity contribution in [3.8, 4) is 0 Å². The number of carboxylic acids is 1. The number of piperidine rings is 1. The van der Waals surface area contributed by atoms with Crippen LogP contribution in [-0.4, -0.2) is 45.8 Å². The lowest BCUT2D eigenvalue weighted by molar-refractivity contribution is -0.384. The van der Waals surface area contributed by atoms with Gasteiger partial charge in [0.15, 0.2) is 0 Å². The second kappa shape index (κ2) is 11.9. The van der Waals surface area contributed by atoms with E-state index in [9.17, 15) is 29.6 Å². The molecule has 0 unspecified atom stereocenters. The van der Waals surface area contributed by atoms with E-state index in [1.807, 2.05) is 17.5 Å². The number of carbonyl (C=O) groups is 3. The molecule has 1 atom stereocenters. The number of halogens is 2. The third kappa shape index (κ3) is 6.32. The van der Waals surface area contributed by atoms with Crippen molar-refractivity contribution in [1.29, 1.82) is 0 Å². The van der Waals surface area contributed by atoms with E-state index >= 15 is 0 Å². The van der Waals surface area contributed by atoms with Crippen LogP contribution in [0.4, 0.5) is 5.69 Å². The van der Waals surface area contributed by atoms with Crippen LogP contribution in [0.1, 0.15) is 36.4 Å². The Hall–Kier alpha value is -3.47. The molecule has 0 radical (unpaired) electrons. The molecule has 198 valence electrons. The molecule has 2 amide bonds. The maximum Gasteiger partial charge on any atom is 0.305 e. The fourth-order valence-corrected chi connectivity index (χ4v) is 5.83. The molecular formula is C26H23Cl2N3O6S. The summed E-state index contributed by atoms with van der Waals surface area (Å²) in [6.07, 6.45) is 3.43. The van der Waals surface area contributed by atoms with Crippen LogP contribution in [-0.2, 0) is 14.4 Å².